The van der Waals surface area contributed by atoms with E-state index < -0.39 is 0 Å². The lowest BCUT2D eigenvalue weighted by molar-refractivity contribution is 0.0679. The molecule has 5 heteroatoms. The van der Waals surface area contributed by atoms with Crippen LogP contribution in [0.1, 0.15) is 49.4 Å². The zero-order chi connectivity index (χ0) is 13.8. The van der Waals surface area contributed by atoms with Gasteiger partial charge >= 0.3 is 0 Å². The standard InChI is InChI=1S/C14H20BrN3O/c1-2-11-6-4-3-5-7-18(11)14(19)12-8-10(15)9-17-13(12)16/h8-9,11H,2-7H2,1H3,(H2,16,17). The van der Waals surface area contributed by atoms with Gasteiger partial charge in [-0.2, -0.15) is 0 Å². The van der Waals surface area contributed by atoms with E-state index >= 15 is 0 Å². The zero-order valence-corrected chi connectivity index (χ0v) is 12.8. The highest BCUT2D eigenvalue weighted by molar-refractivity contribution is 9.10. The molecule has 1 aliphatic heterocycles. The minimum Gasteiger partial charge on any atom is -0.383 e. The molecule has 2 N–H and O–H groups in total. The second-order valence-corrected chi connectivity index (χ2v) is 5.91. The summed E-state index contributed by atoms with van der Waals surface area (Å²) in [6.07, 6.45) is 7.17. The third kappa shape index (κ3) is 3.26. The van der Waals surface area contributed by atoms with Crippen LogP contribution < -0.4 is 5.73 Å². The van der Waals surface area contributed by atoms with Gasteiger partial charge in [-0.3, -0.25) is 4.79 Å². The highest BCUT2D eigenvalue weighted by atomic mass is 79.9. The van der Waals surface area contributed by atoms with E-state index in [9.17, 15) is 4.79 Å². The molecule has 1 atom stereocenters. The van der Waals surface area contributed by atoms with Crippen molar-refractivity contribution in [1.29, 1.82) is 0 Å². The number of amides is 1. The first kappa shape index (κ1) is 14.3. The summed E-state index contributed by atoms with van der Waals surface area (Å²) in [7, 11) is 0. The van der Waals surface area contributed by atoms with Gasteiger partial charge in [0.05, 0.1) is 5.56 Å². The van der Waals surface area contributed by atoms with Crippen molar-refractivity contribution in [3.05, 3.63) is 22.3 Å². The number of halogens is 1. The quantitative estimate of drug-likeness (QED) is 0.908. The Balaban J connectivity index is 2.27. The fourth-order valence-corrected chi connectivity index (χ4v) is 2.98. The Morgan fingerprint density at radius 1 is 1.53 bits per heavy atom. The number of carbonyl (C=O) groups excluding carboxylic acids is 1. The number of nitrogen functional groups attached to an aromatic ring is 1. The van der Waals surface area contributed by atoms with Crippen LogP contribution in [0.4, 0.5) is 5.82 Å². The summed E-state index contributed by atoms with van der Waals surface area (Å²) in [4.78, 5) is 18.7. The van der Waals surface area contributed by atoms with E-state index in [1.807, 2.05) is 4.90 Å². The Morgan fingerprint density at radius 3 is 3.05 bits per heavy atom. The van der Waals surface area contributed by atoms with Gasteiger partial charge in [-0.25, -0.2) is 4.98 Å². The van der Waals surface area contributed by atoms with E-state index in [0.29, 0.717) is 17.4 Å². The largest absolute Gasteiger partial charge is 0.383 e. The molecule has 1 aliphatic rings. The molecule has 0 aromatic carbocycles. The van der Waals surface area contributed by atoms with Crippen molar-refractivity contribution in [2.24, 2.45) is 0 Å². The van der Waals surface area contributed by atoms with Crippen molar-refractivity contribution < 1.29 is 4.79 Å². The van der Waals surface area contributed by atoms with E-state index in [-0.39, 0.29) is 5.91 Å². The molecule has 0 radical (unpaired) electrons. The zero-order valence-electron chi connectivity index (χ0n) is 11.2. The van der Waals surface area contributed by atoms with E-state index in [4.69, 9.17) is 5.73 Å². The number of hydrogen-bond acceptors (Lipinski definition) is 3. The first-order valence-electron chi connectivity index (χ1n) is 6.85. The lowest BCUT2D eigenvalue weighted by Crippen LogP contribution is -2.40. The Morgan fingerprint density at radius 2 is 2.32 bits per heavy atom. The van der Waals surface area contributed by atoms with E-state index in [1.165, 1.54) is 12.8 Å². The van der Waals surface area contributed by atoms with E-state index in [2.05, 4.69) is 27.8 Å². The van der Waals surface area contributed by atoms with Gasteiger partial charge in [-0.15, -0.1) is 0 Å². The van der Waals surface area contributed by atoms with Gasteiger partial charge in [0.25, 0.3) is 5.91 Å². The van der Waals surface area contributed by atoms with Crippen molar-refractivity contribution in [1.82, 2.24) is 9.88 Å². The second kappa shape index (κ2) is 6.37. The maximum Gasteiger partial charge on any atom is 0.257 e. The number of hydrogen-bond donors (Lipinski definition) is 1. The number of nitrogens with two attached hydrogens (primary N) is 1. The van der Waals surface area contributed by atoms with E-state index in [0.717, 1.165) is 30.3 Å². The Hall–Kier alpha value is -1.10. The van der Waals surface area contributed by atoms with Crippen molar-refractivity contribution in [3.63, 3.8) is 0 Å². The minimum absolute atomic E-state index is 0.0139. The number of nitrogens with zero attached hydrogens (tertiary/aromatic N) is 2. The summed E-state index contributed by atoms with van der Waals surface area (Å²) in [5.41, 5.74) is 6.35. The van der Waals surface area contributed by atoms with Gasteiger partial charge in [0.15, 0.2) is 0 Å². The normalized spacial score (nSPS) is 20.1. The molecule has 0 bridgehead atoms. The van der Waals surface area contributed by atoms with Gasteiger partial charge in [0.2, 0.25) is 0 Å². The van der Waals surface area contributed by atoms with Crippen LogP contribution in [0.3, 0.4) is 0 Å². The van der Waals surface area contributed by atoms with Gasteiger partial charge in [-0.1, -0.05) is 19.8 Å². The number of carbonyl (C=O) groups is 1. The van der Waals surface area contributed by atoms with Crippen molar-refractivity contribution in [2.75, 3.05) is 12.3 Å². The van der Waals surface area contributed by atoms with Crippen LogP contribution in [0, 0.1) is 0 Å². The highest BCUT2D eigenvalue weighted by Crippen LogP contribution is 2.24. The average Bonchev–Trinajstić information content (AvgIpc) is 2.65. The first-order valence-corrected chi connectivity index (χ1v) is 7.64. The summed E-state index contributed by atoms with van der Waals surface area (Å²) in [5, 5.41) is 0. The summed E-state index contributed by atoms with van der Waals surface area (Å²) in [6, 6.07) is 2.09. The van der Waals surface area contributed by atoms with E-state index in [1.54, 1.807) is 12.3 Å². The second-order valence-electron chi connectivity index (χ2n) is 5.00. The summed E-state index contributed by atoms with van der Waals surface area (Å²) in [5.74, 6) is 0.326. The summed E-state index contributed by atoms with van der Waals surface area (Å²) in [6.45, 7) is 2.96. The van der Waals surface area contributed by atoms with Gasteiger partial charge < -0.3 is 10.6 Å². The summed E-state index contributed by atoms with van der Waals surface area (Å²) >= 11 is 3.35. The molecule has 1 saturated heterocycles. The predicted molar refractivity (Wildman–Crippen MR) is 79.9 cm³/mol. The summed E-state index contributed by atoms with van der Waals surface area (Å²) < 4.78 is 0.785. The molecule has 104 valence electrons. The molecule has 19 heavy (non-hydrogen) atoms. The number of pyridine rings is 1. The van der Waals surface area contributed by atoms with Crippen LogP contribution in [-0.2, 0) is 0 Å². The van der Waals surface area contributed by atoms with Crippen molar-refractivity contribution >= 4 is 27.7 Å². The van der Waals surface area contributed by atoms with Crippen LogP contribution in [0.2, 0.25) is 0 Å². The first-order chi connectivity index (χ1) is 9.13. The van der Waals surface area contributed by atoms with Crippen LogP contribution in [-0.4, -0.2) is 28.4 Å². The fourth-order valence-electron chi connectivity index (χ4n) is 2.65. The third-order valence-corrected chi connectivity index (χ3v) is 4.16. The molecular weight excluding hydrogens is 306 g/mol. The molecule has 2 rings (SSSR count). The average molecular weight is 326 g/mol. The van der Waals surface area contributed by atoms with Crippen LogP contribution >= 0.6 is 15.9 Å². The number of anilines is 1. The maximum atomic E-state index is 12.7. The molecule has 0 saturated carbocycles. The lowest BCUT2D eigenvalue weighted by atomic mass is 10.1. The maximum absolute atomic E-state index is 12.7. The van der Waals surface area contributed by atoms with Crippen molar-refractivity contribution in [2.45, 2.75) is 45.1 Å². The van der Waals surface area contributed by atoms with Gasteiger partial charge in [0.1, 0.15) is 5.82 Å². The topological polar surface area (TPSA) is 59.2 Å². The Bertz CT molecular complexity index is 464. The van der Waals surface area contributed by atoms with Crippen LogP contribution in [0.5, 0.6) is 0 Å². The highest BCUT2D eigenvalue weighted by Gasteiger charge is 2.26. The molecule has 1 aromatic rings. The lowest BCUT2D eigenvalue weighted by Gasteiger charge is -2.29. The molecule has 1 amide bonds. The number of rotatable bonds is 2. The van der Waals surface area contributed by atoms with Gasteiger partial charge in [0, 0.05) is 23.3 Å². The molecule has 1 unspecified atom stereocenters. The SMILES string of the molecule is CCC1CCCCCN1C(=O)c1cc(Br)cnc1N. The molecule has 4 nitrogen and oxygen atoms in total. The van der Waals surface area contributed by atoms with Crippen molar-refractivity contribution in [3.8, 4) is 0 Å². The smallest absolute Gasteiger partial charge is 0.257 e. The monoisotopic (exact) mass is 325 g/mol. The molecule has 0 spiro atoms. The molecule has 2 heterocycles. The minimum atomic E-state index is 0.0139. The molecule has 1 fully saturated rings. The molecular formula is C14H20BrN3O. The Labute approximate surface area is 122 Å². The fraction of sp³-hybridized carbons (Fsp3) is 0.571. The predicted octanol–water partition coefficient (Wildman–Crippen LogP) is 3.22. The third-order valence-electron chi connectivity index (χ3n) is 3.72. The molecule has 1 aromatic heterocycles. The Kier molecular flexibility index (Phi) is 4.80. The van der Waals surface area contributed by atoms with Crippen LogP contribution in [0.25, 0.3) is 0 Å². The van der Waals surface area contributed by atoms with Gasteiger partial charge in [-0.05, 0) is 41.3 Å². The molecule has 0 aliphatic carbocycles. The number of likely N-dealkylation sites (tertiary alicyclic amines) is 1. The van der Waals surface area contributed by atoms with Crippen LogP contribution in [0.15, 0.2) is 16.7 Å². The number of aromatic nitrogens is 1.